The van der Waals surface area contributed by atoms with E-state index in [2.05, 4.69) is 4.74 Å². The molecule has 1 atom stereocenters. The molecule has 0 aliphatic rings. The summed E-state index contributed by atoms with van der Waals surface area (Å²) in [4.78, 5) is 11.8. The van der Waals surface area contributed by atoms with Gasteiger partial charge in [-0.2, -0.15) is 0 Å². The minimum absolute atomic E-state index is 0.0378. The van der Waals surface area contributed by atoms with Crippen LogP contribution in [0.3, 0.4) is 0 Å². The van der Waals surface area contributed by atoms with Gasteiger partial charge in [0.2, 0.25) is 0 Å². The second-order valence-electron chi connectivity index (χ2n) is 5.50. The van der Waals surface area contributed by atoms with Crippen molar-refractivity contribution < 1.29 is 17.9 Å². The Bertz CT molecular complexity index is 845. The maximum atomic E-state index is 12.9. The number of hydrogen-bond acceptors (Lipinski definition) is 5. The van der Waals surface area contributed by atoms with E-state index < -0.39 is 21.1 Å². The largest absolute Gasteiger partial charge is 0.468 e. The van der Waals surface area contributed by atoms with Gasteiger partial charge in [-0.3, -0.25) is 4.79 Å². The molecule has 0 heterocycles. The first-order chi connectivity index (χ1) is 11.3. The van der Waals surface area contributed by atoms with Crippen molar-refractivity contribution >= 4 is 21.5 Å². The van der Waals surface area contributed by atoms with Crippen molar-refractivity contribution in [2.75, 3.05) is 12.8 Å². The Labute approximate surface area is 142 Å². The normalized spacial score (nSPS) is 12.6. The van der Waals surface area contributed by atoms with Crippen molar-refractivity contribution in [3.8, 4) is 11.1 Å². The highest BCUT2D eigenvalue weighted by Crippen LogP contribution is 2.36. The number of carbonyl (C=O) groups is 1. The van der Waals surface area contributed by atoms with Gasteiger partial charge in [-0.1, -0.05) is 43.3 Å². The Balaban J connectivity index is 2.67. The number of esters is 1. The quantitative estimate of drug-likeness (QED) is 0.664. The molecule has 1 unspecified atom stereocenters. The molecule has 0 bridgehead atoms. The fourth-order valence-electron chi connectivity index (χ4n) is 2.74. The Morgan fingerprint density at radius 1 is 1.17 bits per heavy atom. The van der Waals surface area contributed by atoms with Crippen LogP contribution in [0.4, 0.5) is 5.69 Å². The summed E-state index contributed by atoms with van der Waals surface area (Å²) < 4.78 is 30.4. The summed E-state index contributed by atoms with van der Waals surface area (Å²) in [5, 5.41) is -1.27. The van der Waals surface area contributed by atoms with Crippen LogP contribution in [0.1, 0.15) is 18.9 Å². The highest BCUT2D eigenvalue weighted by molar-refractivity contribution is 7.93. The summed E-state index contributed by atoms with van der Waals surface area (Å²) >= 11 is 0. The number of nitrogen functional groups attached to an aromatic ring is 1. The number of nitrogens with two attached hydrogens (primary N) is 1. The Kier molecular flexibility index (Phi) is 5.29. The monoisotopic (exact) mass is 347 g/mol. The van der Waals surface area contributed by atoms with Crippen molar-refractivity contribution in [2.24, 2.45) is 0 Å². The number of hydrogen-bond donors (Lipinski definition) is 1. The summed E-state index contributed by atoms with van der Waals surface area (Å²) in [5.74, 6) is -0.779. The van der Waals surface area contributed by atoms with E-state index in [0.717, 1.165) is 11.1 Å². The summed E-state index contributed by atoms with van der Waals surface area (Å²) in [5.41, 5.74) is 8.72. The van der Waals surface area contributed by atoms with Crippen molar-refractivity contribution in [3.63, 3.8) is 0 Å². The number of sulfone groups is 1. The van der Waals surface area contributed by atoms with Crippen LogP contribution in [-0.4, -0.2) is 26.7 Å². The molecule has 6 heteroatoms. The minimum Gasteiger partial charge on any atom is -0.468 e. The lowest BCUT2D eigenvalue weighted by Crippen LogP contribution is -2.31. The van der Waals surface area contributed by atoms with Gasteiger partial charge in [0.1, 0.15) is 0 Å². The van der Waals surface area contributed by atoms with Crippen LogP contribution in [0.5, 0.6) is 0 Å². The van der Waals surface area contributed by atoms with Gasteiger partial charge in [0.25, 0.3) is 0 Å². The predicted molar refractivity (Wildman–Crippen MR) is 94.3 cm³/mol. The van der Waals surface area contributed by atoms with Crippen LogP contribution in [0.2, 0.25) is 0 Å². The molecule has 0 fully saturated rings. The van der Waals surface area contributed by atoms with E-state index in [-0.39, 0.29) is 17.0 Å². The molecule has 0 radical (unpaired) electrons. The SMILES string of the molecule is CCC(C(=O)OC)S(=O)(=O)c1ccc(C)c(-c2ccccc2)c1N. The first-order valence-electron chi connectivity index (χ1n) is 7.60. The van der Waals surface area contributed by atoms with Gasteiger partial charge in [0.05, 0.1) is 17.7 Å². The fourth-order valence-corrected chi connectivity index (χ4v) is 4.50. The predicted octanol–water partition coefficient (Wildman–Crippen LogP) is 2.97. The molecule has 2 N–H and O–H groups in total. The zero-order valence-corrected chi connectivity index (χ0v) is 14.8. The summed E-state index contributed by atoms with van der Waals surface area (Å²) in [6, 6.07) is 12.5. The van der Waals surface area contributed by atoms with Crippen LogP contribution in [0, 0.1) is 6.92 Å². The zero-order valence-electron chi connectivity index (χ0n) is 13.9. The molecule has 2 rings (SSSR count). The number of ether oxygens (including phenoxy) is 1. The second kappa shape index (κ2) is 7.05. The maximum Gasteiger partial charge on any atom is 0.324 e. The highest BCUT2D eigenvalue weighted by Gasteiger charge is 2.35. The number of benzene rings is 2. The lowest BCUT2D eigenvalue weighted by atomic mass is 9.99. The van der Waals surface area contributed by atoms with Gasteiger partial charge in [-0.15, -0.1) is 0 Å². The summed E-state index contributed by atoms with van der Waals surface area (Å²) in [7, 11) is -2.76. The maximum absolute atomic E-state index is 12.9. The third kappa shape index (κ3) is 3.14. The minimum atomic E-state index is -3.94. The van der Waals surface area contributed by atoms with Crippen molar-refractivity contribution in [2.45, 2.75) is 30.4 Å². The standard InChI is InChI=1S/C18H21NO4S/c1-4-14(18(20)23-3)24(21,22)15-11-10-12(2)16(17(15)19)13-8-6-5-7-9-13/h5-11,14H,4,19H2,1-3H3. The molecule has 0 spiro atoms. The molecule has 0 saturated carbocycles. The molecule has 24 heavy (non-hydrogen) atoms. The van der Waals surface area contributed by atoms with E-state index in [1.165, 1.54) is 13.2 Å². The molecule has 128 valence electrons. The molecular formula is C18H21NO4S. The topological polar surface area (TPSA) is 86.5 Å². The molecule has 2 aromatic carbocycles. The molecule has 2 aromatic rings. The molecule has 0 saturated heterocycles. The number of anilines is 1. The molecular weight excluding hydrogens is 326 g/mol. The summed E-state index contributed by atoms with van der Waals surface area (Å²) in [6.07, 6.45) is 0.114. The summed E-state index contributed by atoms with van der Waals surface area (Å²) in [6.45, 7) is 3.49. The van der Waals surface area contributed by atoms with Gasteiger partial charge >= 0.3 is 5.97 Å². The smallest absolute Gasteiger partial charge is 0.324 e. The first-order valence-corrected chi connectivity index (χ1v) is 9.15. The van der Waals surface area contributed by atoms with Crippen molar-refractivity contribution in [1.82, 2.24) is 0 Å². The van der Waals surface area contributed by atoms with Gasteiger partial charge in [0, 0.05) is 5.56 Å². The average molecular weight is 347 g/mol. The number of carbonyl (C=O) groups excluding carboxylic acids is 1. The number of rotatable bonds is 5. The second-order valence-corrected chi connectivity index (χ2v) is 7.60. The van der Waals surface area contributed by atoms with E-state index in [1.807, 2.05) is 37.3 Å². The van der Waals surface area contributed by atoms with E-state index in [1.54, 1.807) is 13.0 Å². The fraction of sp³-hybridized carbons (Fsp3) is 0.278. The Hall–Kier alpha value is -2.34. The molecule has 0 aliphatic heterocycles. The first kappa shape index (κ1) is 18.0. The van der Waals surface area contributed by atoms with Gasteiger partial charge < -0.3 is 10.5 Å². The molecule has 0 aromatic heterocycles. The van der Waals surface area contributed by atoms with Crippen molar-refractivity contribution in [1.29, 1.82) is 0 Å². The number of methoxy groups -OCH3 is 1. The Morgan fingerprint density at radius 3 is 2.33 bits per heavy atom. The molecule has 0 aliphatic carbocycles. The molecule has 5 nitrogen and oxygen atoms in total. The van der Waals surface area contributed by atoms with Gasteiger partial charge in [-0.25, -0.2) is 8.42 Å². The van der Waals surface area contributed by atoms with Crippen LogP contribution in [0.25, 0.3) is 11.1 Å². The third-order valence-corrected chi connectivity index (χ3v) is 6.24. The van der Waals surface area contributed by atoms with Crippen molar-refractivity contribution in [3.05, 3.63) is 48.0 Å². The van der Waals surface area contributed by atoms with Gasteiger partial charge in [-0.05, 0) is 30.5 Å². The van der Waals surface area contributed by atoms with E-state index in [0.29, 0.717) is 5.56 Å². The van der Waals surface area contributed by atoms with Crippen LogP contribution < -0.4 is 5.73 Å². The van der Waals surface area contributed by atoms with E-state index in [9.17, 15) is 13.2 Å². The van der Waals surface area contributed by atoms with E-state index >= 15 is 0 Å². The highest BCUT2D eigenvalue weighted by atomic mass is 32.2. The lowest BCUT2D eigenvalue weighted by molar-refractivity contribution is -0.140. The van der Waals surface area contributed by atoms with Crippen LogP contribution in [0.15, 0.2) is 47.4 Å². The Morgan fingerprint density at radius 2 is 1.79 bits per heavy atom. The lowest BCUT2D eigenvalue weighted by Gasteiger charge is -2.18. The van der Waals surface area contributed by atoms with Crippen LogP contribution in [-0.2, 0) is 19.4 Å². The third-order valence-electron chi connectivity index (χ3n) is 3.99. The van der Waals surface area contributed by atoms with Gasteiger partial charge in [0.15, 0.2) is 15.1 Å². The zero-order chi connectivity index (χ0) is 17.9. The number of aryl methyl sites for hydroxylation is 1. The average Bonchev–Trinajstić information content (AvgIpc) is 2.55. The van der Waals surface area contributed by atoms with Crippen LogP contribution >= 0.6 is 0 Å². The van der Waals surface area contributed by atoms with E-state index in [4.69, 9.17) is 5.73 Å². The molecule has 0 amide bonds.